The van der Waals surface area contributed by atoms with E-state index in [1.807, 2.05) is 43.3 Å². The lowest BCUT2D eigenvalue weighted by atomic mass is 10.2. The quantitative estimate of drug-likeness (QED) is 0.593. The van der Waals surface area contributed by atoms with Crippen molar-refractivity contribution in [2.45, 2.75) is 38.8 Å². The molecular formula is C23H27N3O3. The molecule has 1 N–H and O–H groups in total. The molecule has 2 heterocycles. The summed E-state index contributed by atoms with van der Waals surface area (Å²) < 4.78 is 13.7. The van der Waals surface area contributed by atoms with Gasteiger partial charge in [0.1, 0.15) is 18.2 Å². The number of fused-ring (bicyclic) bond motifs is 1. The van der Waals surface area contributed by atoms with Gasteiger partial charge in [-0.1, -0.05) is 24.3 Å². The number of amides is 1. The highest BCUT2D eigenvalue weighted by atomic mass is 16.5. The summed E-state index contributed by atoms with van der Waals surface area (Å²) >= 11 is 0. The molecule has 0 aliphatic carbocycles. The molecule has 1 saturated heterocycles. The second-order valence-electron chi connectivity index (χ2n) is 7.35. The first kappa shape index (κ1) is 19.5. The number of para-hydroxylation sites is 3. The van der Waals surface area contributed by atoms with Gasteiger partial charge in [-0.2, -0.15) is 0 Å². The summed E-state index contributed by atoms with van der Waals surface area (Å²) in [6.45, 7) is 4.69. The van der Waals surface area contributed by atoms with Crippen LogP contribution in [-0.2, 0) is 11.3 Å². The molecule has 1 aliphatic heterocycles. The van der Waals surface area contributed by atoms with Gasteiger partial charge in [-0.15, -0.1) is 0 Å². The summed E-state index contributed by atoms with van der Waals surface area (Å²) in [6, 6.07) is 15.5. The van der Waals surface area contributed by atoms with Crippen LogP contribution in [0.15, 0.2) is 48.5 Å². The van der Waals surface area contributed by atoms with Crippen LogP contribution in [0.5, 0.6) is 5.75 Å². The fourth-order valence-corrected chi connectivity index (χ4v) is 3.75. The van der Waals surface area contributed by atoms with Crippen molar-refractivity contribution < 1.29 is 14.3 Å². The number of hydrogen-bond acceptors (Lipinski definition) is 4. The number of nitrogens with one attached hydrogen (secondary N) is 1. The molecule has 1 aromatic heterocycles. The Labute approximate surface area is 170 Å². The molecule has 1 unspecified atom stereocenters. The predicted molar refractivity (Wildman–Crippen MR) is 112 cm³/mol. The molecule has 6 heteroatoms. The highest BCUT2D eigenvalue weighted by molar-refractivity contribution is 5.96. The summed E-state index contributed by atoms with van der Waals surface area (Å²) in [5, 5.41) is 3.01. The van der Waals surface area contributed by atoms with Crippen LogP contribution in [0.1, 0.15) is 35.4 Å². The van der Waals surface area contributed by atoms with Gasteiger partial charge in [-0.25, -0.2) is 4.98 Å². The molecule has 1 fully saturated rings. The lowest BCUT2D eigenvalue weighted by molar-refractivity contribution is 0.0670. The van der Waals surface area contributed by atoms with Crippen LogP contribution in [0.3, 0.4) is 0 Å². The zero-order valence-corrected chi connectivity index (χ0v) is 16.8. The maximum atomic E-state index is 12.7. The van der Waals surface area contributed by atoms with Crippen LogP contribution in [0.4, 0.5) is 0 Å². The number of carbonyl (C=O) groups is 1. The van der Waals surface area contributed by atoms with E-state index < -0.39 is 0 Å². The largest absolute Gasteiger partial charge is 0.490 e. The number of benzene rings is 2. The van der Waals surface area contributed by atoms with Crippen LogP contribution < -0.4 is 10.1 Å². The average molecular weight is 393 g/mol. The summed E-state index contributed by atoms with van der Waals surface area (Å²) in [7, 11) is 0. The van der Waals surface area contributed by atoms with E-state index in [9.17, 15) is 4.79 Å². The lowest BCUT2D eigenvalue weighted by Gasteiger charge is -2.14. The maximum absolute atomic E-state index is 12.7. The first-order valence-corrected chi connectivity index (χ1v) is 10.3. The van der Waals surface area contributed by atoms with Crippen LogP contribution >= 0.6 is 0 Å². The fourth-order valence-electron chi connectivity index (χ4n) is 3.75. The number of aryl methyl sites for hydroxylation is 2. The molecule has 1 amide bonds. The van der Waals surface area contributed by atoms with E-state index in [1.54, 1.807) is 6.07 Å². The number of imidazole rings is 1. The van der Waals surface area contributed by atoms with Crippen molar-refractivity contribution in [1.29, 1.82) is 0 Å². The smallest absolute Gasteiger partial charge is 0.255 e. The fraction of sp³-hybridized carbons (Fsp3) is 0.391. The summed E-state index contributed by atoms with van der Waals surface area (Å²) in [5.41, 5.74) is 2.70. The second kappa shape index (κ2) is 9.09. The van der Waals surface area contributed by atoms with Crippen molar-refractivity contribution in [3.63, 3.8) is 0 Å². The Balaban J connectivity index is 1.31. The van der Waals surface area contributed by atoms with Gasteiger partial charge in [-0.05, 0) is 50.5 Å². The van der Waals surface area contributed by atoms with E-state index >= 15 is 0 Å². The summed E-state index contributed by atoms with van der Waals surface area (Å²) in [5.74, 6) is 1.49. The Morgan fingerprint density at radius 1 is 1.24 bits per heavy atom. The predicted octanol–water partition coefficient (Wildman–Crippen LogP) is 3.72. The standard InChI is InChI=1S/C23H27N3O3/c1-17-25-20-10-3-4-11-21(20)26(17)14-7-13-24-23(27)19-9-2-5-12-22(19)29-16-18-8-6-15-28-18/h2-5,9-12,18H,6-8,13-16H2,1H3,(H,24,27). The van der Waals surface area contributed by atoms with E-state index in [4.69, 9.17) is 9.47 Å². The molecule has 4 rings (SSSR count). The number of hydrogen-bond donors (Lipinski definition) is 1. The molecule has 0 radical (unpaired) electrons. The number of carbonyl (C=O) groups excluding carboxylic acids is 1. The Kier molecular flexibility index (Phi) is 6.10. The van der Waals surface area contributed by atoms with Gasteiger partial charge in [0, 0.05) is 19.7 Å². The molecule has 152 valence electrons. The number of ether oxygens (including phenoxy) is 2. The van der Waals surface area contributed by atoms with Crippen molar-refractivity contribution in [2.24, 2.45) is 0 Å². The molecule has 1 aliphatic rings. The van der Waals surface area contributed by atoms with Crippen LogP contribution in [0.25, 0.3) is 11.0 Å². The van der Waals surface area contributed by atoms with Gasteiger partial charge in [0.2, 0.25) is 0 Å². The van der Waals surface area contributed by atoms with Crippen LogP contribution in [0.2, 0.25) is 0 Å². The zero-order chi connectivity index (χ0) is 20.1. The van der Waals surface area contributed by atoms with Crippen LogP contribution in [0, 0.1) is 6.92 Å². The van der Waals surface area contributed by atoms with Gasteiger partial charge in [0.15, 0.2) is 0 Å². The third kappa shape index (κ3) is 4.59. The van der Waals surface area contributed by atoms with Gasteiger partial charge in [0.25, 0.3) is 5.91 Å². The summed E-state index contributed by atoms with van der Waals surface area (Å²) in [6.07, 6.45) is 3.03. The third-order valence-corrected chi connectivity index (χ3v) is 5.27. The molecule has 29 heavy (non-hydrogen) atoms. The molecule has 3 aromatic rings. The topological polar surface area (TPSA) is 65.4 Å². The molecule has 1 atom stereocenters. The minimum atomic E-state index is -0.111. The minimum Gasteiger partial charge on any atom is -0.490 e. The number of aromatic nitrogens is 2. The number of rotatable bonds is 8. The maximum Gasteiger partial charge on any atom is 0.255 e. The second-order valence-corrected chi connectivity index (χ2v) is 7.35. The highest BCUT2D eigenvalue weighted by Crippen LogP contribution is 2.20. The Morgan fingerprint density at radius 3 is 2.93 bits per heavy atom. The van der Waals surface area contributed by atoms with Crippen molar-refractivity contribution >= 4 is 16.9 Å². The Hall–Kier alpha value is -2.86. The first-order valence-electron chi connectivity index (χ1n) is 10.3. The van der Waals surface area contributed by atoms with Crippen LogP contribution in [-0.4, -0.2) is 41.3 Å². The highest BCUT2D eigenvalue weighted by Gasteiger charge is 2.18. The average Bonchev–Trinajstić information content (AvgIpc) is 3.37. The molecule has 0 bridgehead atoms. The van der Waals surface area contributed by atoms with Gasteiger partial charge >= 0.3 is 0 Å². The Bertz CT molecular complexity index is 976. The lowest BCUT2D eigenvalue weighted by Crippen LogP contribution is -2.26. The van der Waals surface area contributed by atoms with E-state index in [0.717, 1.165) is 49.3 Å². The van der Waals surface area contributed by atoms with Gasteiger partial charge in [0.05, 0.1) is 22.7 Å². The molecular weight excluding hydrogens is 366 g/mol. The third-order valence-electron chi connectivity index (χ3n) is 5.27. The zero-order valence-electron chi connectivity index (χ0n) is 16.8. The van der Waals surface area contributed by atoms with Gasteiger partial charge in [-0.3, -0.25) is 4.79 Å². The molecule has 0 spiro atoms. The van der Waals surface area contributed by atoms with Crippen molar-refractivity contribution in [3.05, 3.63) is 59.9 Å². The van der Waals surface area contributed by atoms with Gasteiger partial charge < -0.3 is 19.4 Å². The van der Waals surface area contributed by atoms with E-state index in [0.29, 0.717) is 24.5 Å². The van der Waals surface area contributed by atoms with Crippen molar-refractivity contribution in [3.8, 4) is 5.75 Å². The summed E-state index contributed by atoms with van der Waals surface area (Å²) in [4.78, 5) is 17.2. The first-order chi connectivity index (χ1) is 14.2. The minimum absolute atomic E-state index is 0.111. The Morgan fingerprint density at radius 2 is 2.07 bits per heavy atom. The van der Waals surface area contributed by atoms with Crippen molar-refractivity contribution in [2.75, 3.05) is 19.8 Å². The molecule has 0 saturated carbocycles. The normalized spacial score (nSPS) is 16.2. The molecule has 2 aromatic carbocycles. The van der Waals surface area contributed by atoms with Crippen molar-refractivity contribution in [1.82, 2.24) is 14.9 Å². The van der Waals surface area contributed by atoms with E-state index in [2.05, 4.69) is 20.9 Å². The van der Waals surface area contributed by atoms with E-state index in [1.165, 1.54) is 0 Å². The van der Waals surface area contributed by atoms with E-state index in [-0.39, 0.29) is 12.0 Å². The molecule has 6 nitrogen and oxygen atoms in total. The monoisotopic (exact) mass is 393 g/mol. The SMILES string of the molecule is Cc1nc2ccccc2n1CCCNC(=O)c1ccccc1OCC1CCCO1. The number of nitrogens with zero attached hydrogens (tertiary/aromatic N) is 2.